The predicted octanol–water partition coefficient (Wildman–Crippen LogP) is 1.96. The summed E-state index contributed by atoms with van der Waals surface area (Å²) in [5, 5.41) is 26.7. The van der Waals surface area contributed by atoms with Crippen molar-refractivity contribution in [1.82, 2.24) is 15.1 Å². The van der Waals surface area contributed by atoms with E-state index in [1.54, 1.807) is 0 Å². The number of carbonyl (C=O) groups excluding carboxylic acids is 2. The van der Waals surface area contributed by atoms with Gasteiger partial charge >= 0.3 is 12.1 Å². The molecule has 2 aromatic carbocycles. The molecule has 10 heteroatoms. The van der Waals surface area contributed by atoms with Gasteiger partial charge in [-0.2, -0.15) is 5.10 Å². The Balaban J connectivity index is 1.38. The summed E-state index contributed by atoms with van der Waals surface area (Å²) >= 11 is 0. The zero-order valence-corrected chi connectivity index (χ0v) is 17.7. The number of aromatic nitrogens is 2. The van der Waals surface area contributed by atoms with E-state index in [1.165, 1.54) is 17.8 Å². The van der Waals surface area contributed by atoms with Crippen LogP contribution in [0.4, 0.5) is 10.6 Å². The van der Waals surface area contributed by atoms with Crippen molar-refractivity contribution in [2.45, 2.75) is 12.0 Å². The molecule has 0 saturated carbocycles. The SMILES string of the molecule is Cn1nc(C(=O)NC[C@H](O)C(=O)O)cc1NC(=O)OCC1c2ccccc2-c2ccccc21. The van der Waals surface area contributed by atoms with Gasteiger partial charge < -0.3 is 20.3 Å². The van der Waals surface area contributed by atoms with Crippen LogP contribution in [-0.4, -0.2) is 57.2 Å². The monoisotopic (exact) mass is 450 g/mol. The maximum Gasteiger partial charge on any atom is 0.412 e. The molecule has 4 N–H and O–H groups in total. The molecule has 1 atom stereocenters. The largest absolute Gasteiger partial charge is 0.479 e. The van der Waals surface area contributed by atoms with E-state index in [-0.39, 0.29) is 24.0 Å². The Hall–Kier alpha value is -4.18. The predicted molar refractivity (Wildman–Crippen MR) is 118 cm³/mol. The molecule has 0 aliphatic heterocycles. The van der Waals surface area contributed by atoms with Gasteiger partial charge in [-0.05, 0) is 22.3 Å². The highest BCUT2D eigenvalue weighted by molar-refractivity contribution is 5.94. The Morgan fingerprint density at radius 2 is 1.70 bits per heavy atom. The lowest BCUT2D eigenvalue weighted by atomic mass is 9.98. The number of hydrogen-bond donors (Lipinski definition) is 4. The zero-order valence-electron chi connectivity index (χ0n) is 17.7. The number of fused-ring (bicyclic) bond motifs is 3. The highest BCUT2D eigenvalue weighted by atomic mass is 16.5. The normalized spacial score (nSPS) is 13.0. The van der Waals surface area contributed by atoms with Crippen LogP contribution in [0.25, 0.3) is 11.1 Å². The van der Waals surface area contributed by atoms with Crippen molar-refractivity contribution in [3.63, 3.8) is 0 Å². The Morgan fingerprint density at radius 3 is 2.30 bits per heavy atom. The van der Waals surface area contributed by atoms with Gasteiger partial charge in [-0.1, -0.05) is 48.5 Å². The number of aryl methyl sites for hydroxylation is 1. The lowest BCUT2D eigenvalue weighted by molar-refractivity contribution is -0.146. The van der Waals surface area contributed by atoms with E-state index in [0.717, 1.165) is 22.3 Å². The number of hydrogen-bond acceptors (Lipinski definition) is 6. The molecule has 0 unspecified atom stereocenters. The van der Waals surface area contributed by atoms with Gasteiger partial charge in [0.2, 0.25) is 0 Å². The van der Waals surface area contributed by atoms with Gasteiger partial charge in [-0.3, -0.25) is 14.8 Å². The second-order valence-electron chi connectivity index (χ2n) is 7.55. The molecule has 3 aromatic rings. The standard InChI is InChI=1S/C23H22N4O6/c1-27-20(10-18(26-27)21(29)24-11-19(28)22(30)31)25-23(32)33-12-17-15-8-4-2-6-13(15)14-7-3-5-9-16(14)17/h2-10,17,19,28H,11-12H2,1H3,(H,24,29)(H,25,32)(H,30,31)/t19-/m0/s1. The number of carbonyl (C=O) groups is 3. The molecule has 10 nitrogen and oxygen atoms in total. The van der Waals surface area contributed by atoms with E-state index in [2.05, 4.69) is 15.7 Å². The van der Waals surface area contributed by atoms with Gasteiger partial charge in [0.1, 0.15) is 12.4 Å². The minimum atomic E-state index is -1.73. The molecule has 0 radical (unpaired) electrons. The molecule has 2 amide bonds. The number of ether oxygens (including phenoxy) is 1. The molecular weight excluding hydrogens is 428 g/mol. The minimum Gasteiger partial charge on any atom is -0.479 e. The average molecular weight is 450 g/mol. The van der Waals surface area contributed by atoms with Crippen molar-refractivity contribution < 1.29 is 29.3 Å². The molecule has 0 spiro atoms. The third kappa shape index (κ3) is 4.55. The molecule has 4 rings (SSSR count). The van der Waals surface area contributed by atoms with Crippen molar-refractivity contribution in [1.29, 1.82) is 0 Å². The van der Waals surface area contributed by atoms with Crippen LogP contribution in [0.1, 0.15) is 27.5 Å². The Labute approximate surface area is 188 Å². The summed E-state index contributed by atoms with van der Waals surface area (Å²) in [5.74, 6) is -2.01. The first-order valence-electron chi connectivity index (χ1n) is 10.2. The number of aliphatic hydroxyl groups excluding tert-OH is 1. The zero-order chi connectivity index (χ0) is 23.5. The number of rotatable bonds is 7. The quantitative estimate of drug-likeness (QED) is 0.431. The maximum absolute atomic E-state index is 12.4. The van der Waals surface area contributed by atoms with Crippen LogP contribution in [0.15, 0.2) is 54.6 Å². The molecule has 1 heterocycles. The molecule has 170 valence electrons. The second-order valence-corrected chi connectivity index (χ2v) is 7.55. The first-order chi connectivity index (χ1) is 15.8. The number of aliphatic hydroxyl groups is 1. The summed E-state index contributed by atoms with van der Waals surface area (Å²) < 4.78 is 6.77. The fourth-order valence-corrected chi connectivity index (χ4v) is 3.80. The number of benzene rings is 2. The third-order valence-electron chi connectivity index (χ3n) is 5.43. The fraction of sp³-hybridized carbons (Fsp3) is 0.217. The van der Waals surface area contributed by atoms with Gasteiger partial charge in [0.15, 0.2) is 11.8 Å². The first kappa shape index (κ1) is 22.0. The Kier molecular flexibility index (Phi) is 6.09. The van der Waals surface area contributed by atoms with Crippen LogP contribution in [0, 0.1) is 0 Å². The molecule has 0 fully saturated rings. The number of amides is 2. The summed E-state index contributed by atoms with van der Waals surface area (Å²) in [4.78, 5) is 35.2. The summed E-state index contributed by atoms with van der Waals surface area (Å²) in [6.07, 6.45) is -2.43. The number of aliphatic carboxylic acids is 1. The molecular formula is C23H22N4O6. The maximum atomic E-state index is 12.4. The lowest BCUT2D eigenvalue weighted by Crippen LogP contribution is -2.36. The number of anilines is 1. The highest BCUT2D eigenvalue weighted by Crippen LogP contribution is 2.44. The molecule has 1 aromatic heterocycles. The Morgan fingerprint density at radius 1 is 1.09 bits per heavy atom. The van der Waals surface area contributed by atoms with Crippen molar-refractivity contribution in [3.05, 3.63) is 71.4 Å². The van der Waals surface area contributed by atoms with E-state index in [1.807, 2.05) is 48.5 Å². The van der Waals surface area contributed by atoms with Gasteiger partial charge in [0, 0.05) is 19.0 Å². The molecule has 33 heavy (non-hydrogen) atoms. The molecule has 1 aliphatic rings. The molecule has 0 saturated heterocycles. The van der Waals surface area contributed by atoms with Gasteiger partial charge in [-0.25, -0.2) is 9.59 Å². The fourth-order valence-electron chi connectivity index (χ4n) is 3.80. The molecule has 1 aliphatic carbocycles. The Bertz CT molecular complexity index is 1180. The van der Waals surface area contributed by atoms with Crippen LogP contribution in [0.3, 0.4) is 0 Å². The van der Waals surface area contributed by atoms with Crippen LogP contribution in [-0.2, 0) is 16.6 Å². The van der Waals surface area contributed by atoms with Crippen molar-refractivity contribution in [2.24, 2.45) is 7.05 Å². The lowest BCUT2D eigenvalue weighted by Gasteiger charge is -2.14. The number of carboxylic acids is 1. The van der Waals surface area contributed by atoms with E-state index in [9.17, 15) is 19.5 Å². The van der Waals surface area contributed by atoms with Gasteiger partial charge in [0.05, 0.1) is 6.54 Å². The summed E-state index contributed by atoms with van der Waals surface area (Å²) in [7, 11) is 1.53. The number of carboxylic acid groups (broad SMARTS) is 1. The number of nitrogens with one attached hydrogen (secondary N) is 2. The second kappa shape index (κ2) is 9.13. The van der Waals surface area contributed by atoms with Gasteiger partial charge in [-0.15, -0.1) is 0 Å². The summed E-state index contributed by atoms with van der Waals surface area (Å²) in [5.41, 5.74) is 4.38. The van der Waals surface area contributed by atoms with Crippen LogP contribution < -0.4 is 10.6 Å². The highest BCUT2D eigenvalue weighted by Gasteiger charge is 2.29. The van der Waals surface area contributed by atoms with Crippen LogP contribution in [0.5, 0.6) is 0 Å². The average Bonchev–Trinajstić information content (AvgIpc) is 3.33. The van der Waals surface area contributed by atoms with E-state index in [4.69, 9.17) is 9.84 Å². The molecule has 0 bridgehead atoms. The summed E-state index contributed by atoms with van der Waals surface area (Å²) in [6.45, 7) is -0.335. The number of nitrogens with zero attached hydrogens (tertiary/aromatic N) is 2. The van der Waals surface area contributed by atoms with Gasteiger partial charge in [0.25, 0.3) is 5.91 Å². The van der Waals surface area contributed by atoms with Crippen molar-refractivity contribution in [2.75, 3.05) is 18.5 Å². The van der Waals surface area contributed by atoms with E-state index >= 15 is 0 Å². The minimum absolute atomic E-state index is 0.0518. The smallest absolute Gasteiger partial charge is 0.412 e. The van der Waals surface area contributed by atoms with Crippen molar-refractivity contribution in [3.8, 4) is 11.1 Å². The first-order valence-corrected chi connectivity index (χ1v) is 10.2. The van der Waals surface area contributed by atoms with Crippen LogP contribution in [0.2, 0.25) is 0 Å². The van der Waals surface area contributed by atoms with Crippen molar-refractivity contribution >= 4 is 23.8 Å². The summed E-state index contributed by atoms with van der Waals surface area (Å²) in [6, 6.07) is 17.3. The van der Waals surface area contributed by atoms with E-state index in [0.29, 0.717) is 0 Å². The van der Waals surface area contributed by atoms with Crippen LogP contribution >= 0.6 is 0 Å². The third-order valence-corrected chi connectivity index (χ3v) is 5.43. The van der Waals surface area contributed by atoms with E-state index < -0.39 is 30.6 Å². The topological polar surface area (TPSA) is 143 Å².